The molecule has 0 amide bonds. The van der Waals surface area contributed by atoms with Gasteiger partial charge in [-0.05, 0) is 210 Å². The number of phenolic OH excluding ortho intramolecular Hbond substituents is 5. The molecule has 0 bridgehead atoms. The third-order valence-electron chi connectivity index (χ3n) is 19.5. The maximum Gasteiger partial charge on any atom is 0.339 e. The van der Waals surface area contributed by atoms with Gasteiger partial charge in [-0.2, -0.15) is 10.2 Å². The number of hydrogen-bond donors (Lipinski definition) is 9. The Bertz CT molecular complexity index is 6580. The predicted octanol–water partition coefficient (Wildman–Crippen LogP) is 22.4. The summed E-state index contributed by atoms with van der Waals surface area (Å²) in [6, 6.07) is 86.6. The van der Waals surface area contributed by atoms with Crippen molar-refractivity contribution in [3.63, 3.8) is 0 Å². The molecule has 0 aliphatic rings. The van der Waals surface area contributed by atoms with Crippen LogP contribution in [0.3, 0.4) is 0 Å². The van der Waals surface area contributed by atoms with E-state index in [1.807, 2.05) is 170 Å². The van der Waals surface area contributed by atoms with Crippen LogP contribution in [-0.4, -0.2) is 71.6 Å². The number of nitrogens with zero attached hydrogens (tertiary/aromatic N) is 17. The average molecular weight is 1610 g/mol. The second-order valence-corrected chi connectivity index (χ2v) is 27.9. The minimum absolute atomic E-state index is 0.00145. The largest absolute Gasteiger partial charge is 0.508 e. The molecule has 600 valence electrons. The van der Waals surface area contributed by atoms with E-state index in [0.29, 0.717) is 112 Å². The Kier molecular flexibility index (Phi) is 24.8. The van der Waals surface area contributed by atoms with Crippen molar-refractivity contribution in [2.45, 2.75) is 39.3 Å². The number of hydrogen-bond acceptors (Lipinski definition) is 26. The molecule has 11 N–H and O–H groups in total. The van der Waals surface area contributed by atoms with Gasteiger partial charge in [0, 0.05) is 64.4 Å². The van der Waals surface area contributed by atoms with Crippen LogP contribution >= 0.6 is 0 Å². The van der Waals surface area contributed by atoms with E-state index in [4.69, 9.17) is 11.5 Å². The molecule has 0 aliphatic carbocycles. The van der Waals surface area contributed by atoms with Gasteiger partial charge in [-0.1, -0.05) is 103 Å². The number of aromatic carboxylic acids is 1. The van der Waals surface area contributed by atoms with Crippen molar-refractivity contribution in [1.29, 1.82) is 0 Å². The van der Waals surface area contributed by atoms with Gasteiger partial charge in [0.2, 0.25) is 0 Å². The lowest BCUT2D eigenvalue weighted by Crippen LogP contribution is -2.24. The quantitative estimate of drug-likeness (QED) is 0.0200. The van der Waals surface area contributed by atoms with E-state index in [1.165, 1.54) is 24.3 Å². The maximum atomic E-state index is 11.8. The Labute approximate surface area is 698 Å². The van der Waals surface area contributed by atoms with Crippen LogP contribution in [0.5, 0.6) is 34.5 Å². The number of aromatic hydroxyl groups is 6. The summed E-state index contributed by atoms with van der Waals surface area (Å²) in [5.74, 6) is -1.51. The molecule has 0 unspecified atom stereocenters. The van der Waals surface area contributed by atoms with E-state index in [2.05, 4.69) is 85.5 Å². The molecule has 6 heterocycles. The molecule has 122 heavy (non-hydrogen) atoms. The number of anilines is 5. The highest BCUT2D eigenvalue weighted by Gasteiger charge is 2.23. The van der Waals surface area contributed by atoms with Gasteiger partial charge in [0.1, 0.15) is 68.4 Å². The summed E-state index contributed by atoms with van der Waals surface area (Å²) < 4.78 is 0. The molecular weight excluding hydrogens is 1540 g/mol. The van der Waals surface area contributed by atoms with Crippen molar-refractivity contribution in [3.05, 3.63) is 368 Å². The molecule has 0 aliphatic heterocycles. The van der Waals surface area contributed by atoms with Crippen LogP contribution in [0.4, 0.5) is 73.9 Å². The Morgan fingerprint density at radius 1 is 0.295 bits per heavy atom. The monoisotopic (exact) mass is 1610 g/mol. The van der Waals surface area contributed by atoms with Gasteiger partial charge in [-0.15, -0.1) is 30.7 Å². The molecule has 0 fully saturated rings. The zero-order valence-electron chi connectivity index (χ0n) is 65.2. The van der Waals surface area contributed by atoms with Gasteiger partial charge in [0.15, 0.2) is 5.75 Å². The Balaban J connectivity index is 0.000000144. The van der Waals surface area contributed by atoms with Crippen molar-refractivity contribution >= 4 is 123 Å². The highest BCUT2D eigenvalue weighted by molar-refractivity contribution is 6.05. The lowest BCUT2D eigenvalue weighted by Gasteiger charge is -2.25. The van der Waals surface area contributed by atoms with Gasteiger partial charge >= 0.3 is 5.97 Å². The summed E-state index contributed by atoms with van der Waals surface area (Å²) >= 11 is 0. The molecule has 0 atom stereocenters. The first-order valence-electron chi connectivity index (χ1n) is 38.4. The SMILES string of the molecule is Nc1cc(N=Nc2c(O)ccc3cc(O)ccc23)ccc1N(Cc1ccccn1)Cc1ccccn1.Nc1ccc(N(Cc2ccccn2)Cc2ccccn2)c(N=Nc2c(O)c(C(=O)O)cc3ccccc23)c1.Oc1ccc2c(N=Nc3cc(N=Nc4c(O)ccc5ccccc45)ccc3N(Cc3ccccn3)Cc3ccccn3)c(O)ccc2c1. The standard InChI is InChI=1S/C38H29N7O3.C29H24N6O3.C28H24N6O2/c46-30-14-15-32-26(21-30)12-18-36(48)38(32)44-42-33-22-27(41-43-37-31-10-2-1-7-25(31)11-17-35(37)47)13-16-34(33)45(23-28-8-3-5-19-39-28)24-29-9-4-6-20-40-29;30-20-11-12-26(35(17-21-8-3-5-13-31-21)18-22-9-4-6-14-32-22)25(16-20)33-34-27-23-10-2-1-7-19(23)15-24(28(27)36)29(37)38;29-25-16-20(32-33-28-24-10-9-23(35)15-19(24)7-12-27(28)36)8-11-26(25)34(17-21-5-1-3-13-30-21)18-22-6-2-4-14-31-22/h1-22,46-48H,23-24H2;1-16,36H,17-18,30H2,(H,37,38);1-16,35-36H,17-18,29H2. The van der Waals surface area contributed by atoms with Gasteiger partial charge in [0.05, 0.1) is 108 Å². The summed E-state index contributed by atoms with van der Waals surface area (Å²) in [5.41, 5.74) is 23.7. The molecule has 27 nitrogen and oxygen atoms in total. The van der Waals surface area contributed by atoms with Gasteiger partial charge in [-0.3, -0.25) is 29.9 Å². The number of aromatic nitrogens is 6. The summed E-state index contributed by atoms with van der Waals surface area (Å²) in [6.07, 6.45) is 10.5. The fourth-order valence-corrected chi connectivity index (χ4v) is 13.6. The van der Waals surface area contributed by atoms with Gasteiger partial charge in [-0.25, -0.2) is 4.79 Å². The van der Waals surface area contributed by atoms with E-state index >= 15 is 0 Å². The van der Waals surface area contributed by atoms with Crippen molar-refractivity contribution in [1.82, 2.24) is 29.9 Å². The number of nitrogens with two attached hydrogens (primary N) is 2. The highest BCUT2D eigenvalue weighted by atomic mass is 16.4. The summed E-state index contributed by atoms with van der Waals surface area (Å²) in [6.45, 7) is 2.93. The van der Waals surface area contributed by atoms with Crippen LogP contribution in [-0.2, 0) is 39.3 Å². The summed E-state index contributed by atoms with van der Waals surface area (Å²) in [4.78, 5) is 45.0. The number of carboxylic acid groups (broad SMARTS) is 1. The number of carbonyl (C=O) groups is 1. The fraction of sp³-hybridized carbons (Fsp3) is 0.0632. The normalized spacial score (nSPS) is 11.3. The van der Waals surface area contributed by atoms with Crippen molar-refractivity contribution in [2.24, 2.45) is 40.9 Å². The first kappa shape index (κ1) is 80.2. The number of nitrogen functional groups attached to an aromatic ring is 2. The van der Waals surface area contributed by atoms with Gasteiger partial charge in [0.25, 0.3) is 0 Å². The van der Waals surface area contributed by atoms with Crippen LogP contribution in [0.25, 0.3) is 43.1 Å². The second-order valence-electron chi connectivity index (χ2n) is 27.9. The minimum Gasteiger partial charge on any atom is -0.508 e. The highest BCUT2D eigenvalue weighted by Crippen LogP contribution is 2.45. The smallest absolute Gasteiger partial charge is 0.339 e. The van der Waals surface area contributed by atoms with Gasteiger partial charge < -0.3 is 61.9 Å². The van der Waals surface area contributed by atoms with Crippen molar-refractivity contribution in [3.8, 4) is 34.5 Å². The third-order valence-corrected chi connectivity index (χ3v) is 19.5. The molecule has 0 saturated heterocycles. The predicted molar refractivity (Wildman–Crippen MR) is 473 cm³/mol. The van der Waals surface area contributed by atoms with Crippen LogP contribution in [0.15, 0.2) is 369 Å². The van der Waals surface area contributed by atoms with Crippen molar-refractivity contribution < 1.29 is 40.5 Å². The fourth-order valence-electron chi connectivity index (χ4n) is 13.6. The lowest BCUT2D eigenvalue weighted by atomic mass is 10.0. The number of benzene rings is 11. The Morgan fingerprint density at radius 3 is 1.05 bits per heavy atom. The topological polar surface area (TPSA) is 397 Å². The third kappa shape index (κ3) is 19.8. The second kappa shape index (κ2) is 37.8. The number of carboxylic acids is 1. The van der Waals surface area contributed by atoms with E-state index in [-0.39, 0.29) is 45.7 Å². The summed E-state index contributed by atoms with van der Waals surface area (Å²) in [5, 5.41) is 113. The number of fused-ring (bicyclic) bond motifs is 4. The van der Waals surface area contributed by atoms with Crippen LogP contribution in [0, 0.1) is 0 Å². The van der Waals surface area contributed by atoms with E-state index in [0.717, 1.165) is 67.4 Å². The number of azo groups is 4. The average Bonchev–Trinajstić information content (AvgIpc) is 0.777. The molecule has 27 heteroatoms. The van der Waals surface area contributed by atoms with E-state index < -0.39 is 11.7 Å². The van der Waals surface area contributed by atoms with Crippen LogP contribution in [0.1, 0.15) is 44.5 Å². The zero-order valence-corrected chi connectivity index (χ0v) is 65.2. The van der Waals surface area contributed by atoms with E-state index in [1.54, 1.807) is 134 Å². The molecule has 0 radical (unpaired) electrons. The maximum absolute atomic E-state index is 11.8. The Morgan fingerprint density at radius 2 is 0.631 bits per heavy atom. The molecule has 6 aromatic heterocycles. The van der Waals surface area contributed by atoms with Crippen LogP contribution < -0.4 is 26.2 Å². The molecule has 11 aromatic carbocycles. The Hall–Kier alpha value is -17.0. The number of pyridine rings is 6. The number of phenols is 6. The van der Waals surface area contributed by atoms with Crippen molar-refractivity contribution in [2.75, 3.05) is 26.2 Å². The molecular formula is C95H77N19O8. The molecule has 0 spiro atoms. The number of rotatable bonds is 24. The van der Waals surface area contributed by atoms with Crippen LogP contribution in [0.2, 0.25) is 0 Å². The first-order chi connectivity index (χ1) is 59.6. The summed E-state index contributed by atoms with van der Waals surface area (Å²) in [7, 11) is 0. The molecule has 17 aromatic rings. The zero-order chi connectivity index (χ0) is 84.3. The first-order valence-corrected chi connectivity index (χ1v) is 38.4. The lowest BCUT2D eigenvalue weighted by molar-refractivity contribution is 0.0693. The molecule has 17 rings (SSSR count). The van der Waals surface area contributed by atoms with E-state index in [9.17, 15) is 40.5 Å². The minimum atomic E-state index is -1.26. The molecule has 0 saturated carbocycles.